The molecule has 0 aromatic heterocycles. The first-order valence-electron chi connectivity index (χ1n) is 28.4. The van der Waals surface area contributed by atoms with E-state index in [0.717, 1.165) is 12.2 Å². The molecular formula is C56H93N3O21S. The van der Waals surface area contributed by atoms with E-state index in [2.05, 4.69) is 16.0 Å². The zero-order chi connectivity index (χ0) is 61.1. The number of hydrogen-bond donors (Lipinski definition) is 13. The van der Waals surface area contributed by atoms with E-state index in [4.69, 9.17) is 37.9 Å². The van der Waals surface area contributed by atoms with Gasteiger partial charge in [-0.05, 0) is 89.0 Å². The van der Waals surface area contributed by atoms with Crippen LogP contribution in [0.3, 0.4) is 0 Å². The molecule has 14 unspecified atom stereocenters. The highest BCUT2D eigenvalue weighted by Gasteiger charge is 2.99. The second-order valence-corrected chi connectivity index (χ2v) is 29.7. The molecule has 24 nitrogen and oxygen atoms in total. The van der Waals surface area contributed by atoms with Gasteiger partial charge in [-0.1, -0.05) is 34.1 Å². The van der Waals surface area contributed by atoms with Crippen molar-refractivity contribution in [2.24, 2.45) is 22.2 Å². The molecule has 7 aliphatic heterocycles. The highest BCUT2D eigenvalue weighted by Crippen LogP contribution is 2.79. The Morgan fingerprint density at radius 1 is 0.667 bits per heavy atom. The molecule has 3 amide bonds. The molecule has 10 rings (SSSR count). The van der Waals surface area contributed by atoms with Crippen molar-refractivity contribution in [3.8, 4) is 0 Å². The van der Waals surface area contributed by atoms with Crippen molar-refractivity contribution in [3.05, 3.63) is 0 Å². The number of esters is 1. The molecule has 81 heavy (non-hydrogen) atoms. The number of aliphatic hydroxyl groups is 10. The minimum absolute atomic E-state index is 0.0123. The number of hydrogen-bond acceptors (Lipinski definition) is 22. The number of aliphatic hydroxyl groups excluding tert-OH is 2. The van der Waals surface area contributed by atoms with Crippen LogP contribution in [0.4, 0.5) is 4.79 Å². The Labute approximate surface area is 478 Å². The van der Waals surface area contributed by atoms with E-state index in [1.165, 1.54) is 55.4 Å². The molecule has 25 heteroatoms. The second-order valence-electron chi connectivity index (χ2n) is 28.5. The number of carbonyl (C=O) groups excluding carboxylic acids is 3. The lowest BCUT2D eigenvalue weighted by Gasteiger charge is -2.80. The van der Waals surface area contributed by atoms with Crippen LogP contribution >= 0.6 is 11.8 Å². The summed E-state index contributed by atoms with van der Waals surface area (Å²) in [6.45, 7) is 22.2. The van der Waals surface area contributed by atoms with E-state index >= 15 is 0 Å². The van der Waals surface area contributed by atoms with Crippen LogP contribution in [-0.2, 0) is 47.5 Å². The first-order chi connectivity index (χ1) is 36.6. The van der Waals surface area contributed by atoms with Crippen LogP contribution in [0, 0.1) is 22.2 Å². The van der Waals surface area contributed by atoms with E-state index in [1.54, 1.807) is 74.1 Å². The van der Waals surface area contributed by atoms with Gasteiger partial charge < -0.3 is 105 Å². The Bertz CT molecular complexity index is 2600. The molecule has 3 aliphatic carbocycles. The SMILES string of the molecule is CC(=O)NC1(C)[C@](C)(OC(=O)CCCCC2SC[C@@H]3NC(=O)N[C@H]23)OC2(CO)C(OCC3(C)OC4(C)[C@](O)(C3(C)O)[C@]4(C)COCC3(C)OC(O)(CO)[C@@](C)(O)C(C)C3(C)COCC3(C)OC4(C)[C@](O)(C3(C)O)[C@]4(C)O)[C@@]1(C)[C@]2(C)O. The Hall–Kier alpha value is -2.12. The van der Waals surface area contributed by atoms with Gasteiger partial charge in [-0.3, -0.25) is 9.59 Å². The van der Waals surface area contributed by atoms with Crippen LogP contribution in [0.1, 0.15) is 143 Å². The summed E-state index contributed by atoms with van der Waals surface area (Å²) in [7, 11) is 0. The highest BCUT2D eigenvalue weighted by atomic mass is 32.2. The van der Waals surface area contributed by atoms with Gasteiger partial charge in [0.05, 0.1) is 62.6 Å². The van der Waals surface area contributed by atoms with E-state index in [-0.39, 0.29) is 56.2 Å². The molecule has 0 aromatic carbocycles. The van der Waals surface area contributed by atoms with E-state index in [9.17, 15) is 65.4 Å². The number of fused-ring (bicyclic) bond motifs is 5. The van der Waals surface area contributed by atoms with Gasteiger partial charge in [-0.25, -0.2) is 4.79 Å². The first kappa shape index (κ1) is 63.4. The fourth-order valence-electron chi connectivity index (χ4n) is 17.3. The molecular weight excluding hydrogens is 1080 g/mol. The van der Waals surface area contributed by atoms with Gasteiger partial charge in [-0.15, -0.1) is 0 Å². The fourth-order valence-corrected chi connectivity index (χ4v) is 18.8. The van der Waals surface area contributed by atoms with Gasteiger partial charge in [0.15, 0.2) is 11.2 Å². The van der Waals surface area contributed by atoms with Crippen molar-refractivity contribution in [3.63, 3.8) is 0 Å². The lowest BCUT2D eigenvalue weighted by Crippen LogP contribution is -2.99. The number of thioether (sulfide) groups is 1. The number of urea groups is 1. The van der Waals surface area contributed by atoms with E-state index in [0.29, 0.717) is 12.8 Å². The van der Waals surface area contributed by atoms with Crippen molar-refractivity contribution >= 4 is 29.7 Å². The lowest BCUT2D eigenvalue weighted by molar-refractivity contribution is -0.510. The molecule has 10 aliphatic rings. The zero-order valence-electron chi connectivity index (χ0n) is 50.2. The molecule has 7 heterocycles. The van der Waals surface area contributed by atoms with Crippen LogP contribution in [0.5, 0.6) is 0 Å². The number of ether oxygens (including phenoxy) is 8. The Kier molecular flexibility index (Phi) is 14.1. The molecule has 7 saturated heterocycles. The highest BCUT2D eigenvalue weighted by molar-refractivity contribution is 8.00. The summed E-state index contributed by atoms with van der Waals surface area (Å²) in [6.07, 6.45) is 0.582. The first-order valence-corrected chi connectivity index (χ1v) is 29.4. The summed E-state index contributed by atoms with van der Waals surface area (Å²) in [5, 5.41) is 127. The maximum atomic E-state index is 13.8. The standard InChI is InChI=1S/C56H93N3O21S/c1-30-38(3,25-73-28-41(6)47(12,67)56(72)49(14,69)51(56,16)78-41)40(5,79-54(70,24-61)44(30,9)65)27-74-26-39(4)50(15)55(39,71)46(11,66)42(7,77-50)29-75-36-43(8)45(10,59-31(2)62)52(17,80-53(36,23-60)48(43,13)68)76-34(63)21-19-18-20-33-35-32(22-81-33)57-37(64)58-35/h30,32-33,35-36,60-61,65-72H,18-29H2,1-17H3,(H,59,62)(H2,57,58,64)/t30?,32-,33?,35-,36?,38?,39+,40?,41?,42?,43+,44-,45?,46?,47?,48-,49+,50?,51?,52+,53?,54?,55+,56-/m0/s1. The summed E-state index contributed by atoms with van der Waals surface area (Å²) in [5.41, 5.74) is -29.9. The minimum Gasteiger partial charge on any atom is -0.431 e. The number of carbonyl (C=O) groups is 3. The molecule has 10 fully saturated rings. The Balaban J connectivity index is 0.887. The summed E-state index contributed by atoms with van der Waals surface area (Å²) >= 11 is 1.77. The quantitative estimate of drug-likeness (QED) is 0.0416. The average molecular weight is 1180 g/mol. The van der Waals surface area contributed by atoms with Crippen molar-refractivity contribution in [2.45, 2.75) is 257 Å². The smallest absolute Gasteiger partial charge is 0.315 e. The molecule has 13 N–H and O–H groups in total. The Morgan fingerprint density at radius 2 is 1.23 bits per heavy atom. The number of amides is 3. The van der Waals surface area contributed by atoms with Crippen LogP contribution in [0.2, 0.25) is 0 Å². The second kappa shape index (κ2) is 18.0. The number of unbranched alkanes of at least 4 members (excludes halogenated alkanes) is 1. The molecule has 0 radical (unpaired) electrons. The Morgan fingerprint density at radius 3 is 1.78 bits per heavy atom. The van der Waals surface area contributed by atoms with Crippen molar-refractivity contribution in [1.29, 1.82) is 0 Å². The molecule has 0 spiro atoms. The third-order valence-electron chi connectivity index (χ3n) is 24.7. The van der Waals surface area contributed by atoms with Crippen molar-refractivity contribution < 1.29 is 103 Å². The van der Waals surface area contributed by atoms with E-state index in [1.807, 2.05) is 0 Å². The molecule has 3 saturated carbocycles. The summed E-state index contributed by atoms with van der Waals surface area (Å²) in [6, 6.07) is -0.107. The maximum Gasteiger partial charge on any atom is 0.315 e. The summed E-state index contributed by atoms with van der Waals surface area (Å²) in [4.78, 5) is 38.8. The van der Waals surface area contributed by atoms with Gasteiger partial charge in [0.1, 0.15) is 79.9 Å². The summed E-state index contributed by atoms with van der Waals surface area (Å²) < 4.78 is 51.6. The average Bonchev–Trinajstić information content (AvgIpc) is 1.67. The monoisotopic (exact) mass is 1180 g/mol. The largest absolute Gasteiger partial charge is 0.431 e. The number of rotatable bonds is 20. The third-order valence-corrected chi connectivity index (χ3v) is 26.2. The van der Waals surface area contributed by atoms with Crippen LogP contribution in [0.15, 0.2) is 0 Å². The lowest BCUT2D eigenvalue weighted by atomic mass is 9.37. The van der Waals surface area contributed by atoms with Gasteiger partial charge in [0, 0.05) is 42.6 Å². The van der Waals surface area contributed by atoms with Crippen LogP contribution in [-0.4, -0.2) is 234 Å². The van der Waals surface area contributed by atoms with E-state index < -0.39 is 150 Å². The predicted octanol–water partition coefficient (Wildman–Crippen LogP) is -0.476. The fraction of sp³-hybridized carbons (Fsp3) is 0.946. The maximum absolute atomic E-state index is 13.8. The van der Waals surface area contributed by atoms with Crippen molar-refractivity contribution in [2.75, 3.05) is 52.0 Å². The van der Waals surface area contributed by atoms with Crippen LogP contribution in [0.25, 0.3) is 0 Å². The van der Waals surface area contributed by atoms with Gasteiger partial charge >= 0.3 is 12.0 Å². The van der Waals surface area contributed by atoms with Crippen LogP contribution < -0.4 is 16.0 Å². The zero-order valence-corrected chi connectivity index (χ0v) is 51.1. The topological polar surface area (TPSA) is 363 Å². The van der Waals surface area contributed by atoms with Crippen molar-refractivity contribution in [1.82, 2.24) is 16.0 Å². The third kappa shape index (κ3) is 7.07. The normalized spacial score (nSPS) is 58.1. The molecule has 24 atom stereocenters. The minimum atomic E-state index is -2.52. The predicted molar refractivity (Wildman–Crippen MR) is 287 cm³/mol. The van der Waals surface area contributed by atoms with Gasteiger partial charge in [0.2, 0.25) is 17.5 Å². The molecule has 2 bridgehead atoms. The number of nitrogens with one attached hydrogen (secondary N) is 3. The van der Waals surface area contributed by atoms with Gasteiger partial charge in [0.25, 0.3) is 0 Å². The molecule has 0 aromatic rings. The molecule has 464 valence electrons. The summed E-state index contributed by atoms with van der Waals surface area (Å²) in [5.74, 6) is -5.81. The van der Waals surface area contributed by atoms with Gasteiger partial charge in [-0.2, -0.15) is 11.8 Å².